The predicted molar refractivity (Wildman–Crippen MR) is 110 cm³/mol. The van der Waals surface area contributed by atoms with E-state index in [9.17, 15) is 14.4 Å². The largest absolute Gasteiger partial charge is 0.478 e. The van der Waals surface area contributed by atoms with E-state index in [4.69, 9.17) is 5.11 Å². The molecule has 4 rings (SSSR count). The third-order valence-electron chi connectivity index (χ3n) is 5.40. The Balaban J connectivity index is 1.65. The van der Waals surface area contributed by atoms with Crippen molar-refractivity contribution in [3.8, 4) is 11.4 Å². The number of carboxylic acids is 1. The van der Waals surface area contributed by atoms with Crippen molar-refractivity contribution >= 4 is 23.2 Å². The van der Waals surface area contributed by atoms with Gasteiger partial charge in [0, 0.05) is 18.2 Å². The summed E-state index contributed by atoms with van der Waals surface area (Å²) in [6.07, 6.45) is 8.15. The quantitative estimate of drug-likeness (QED) is 0.575. The Kier molecular flexibility index (Phi) is 5.16. The van der Waals surface area contributed by atoms with Crippen LogP contribution < -0.4 is 11.2 Å². The van der Waals surface area contributed by atoms with Crippen molar-refractivity contribution in [2.45, 2.75) is 38.6 Å². The minimum Gasteiger partial charge on any atom is -0.478 e. The fourth-order valence-electron chi connectivity index (χ4n) is 3.86. The third kappa shape index (κ3) is 4.06. The standard InChI is InChI=1S/C21H22N4O4/c26-16(27)11-8-13-6-9-15(10-7-13)18-22-17-19(23-18)24-21(29)25(20(17)28)12-14-4-2-1-3-5-14/h6-11,14H,1-5,12H2,(H,22,23)(H,24,29)(H,26,27)/b11-8+. The SMILES string of the molecule is O=C(O)/C=C/c1ccc(-c2nc3[nH]c(=O)n(CC4CCCCC4)c(=O)c3[nH]2)cc1. The molecule has 0 amide bonds. The van der Waals surface area contributed by atoms with Gasteiger partial charge in [0.2, 0.25) is 0 Å². The zero-order valence-electron chi connectivity index (χ0n) is 15.9. The normalized spacial score (nSPS) is 15.3. The van der Waals surface area contributed by atoms with E-state index in [-0.39, 0.29) is 16.7 Å². The number of benzene rings is 1. The van der Waals surface area contributed by atoms with Crippen molar-refractivity contribution in [2.24, 2.45) is 5.92 Å². The van der Waals surface area contributed by atoms with E-state index < -0.39 is 11.7 Å². The first-order chi connectivity index (χ1) is 14.0. The second-order valence-corrected chi connectivity index (χ2v) is 7.45. The maximum absolute atomic E-state index is 12.9. The Morgan fingerprint density at radius 2 is 1.86 bits per heavy atom. The number of hydrogen-bond donors (Lipinski definition) is 3. The van der Waals surface area contributed by atoms with Gasteiger partial charge in [-0.3, -0.25) is 14.3 Å². The van der Waals surface area contributed by atoms with Crippen LogP contribution in [-0.4, -0.2) is 30.6 Å². The van der Waals surface area contributed by atoms with Crippen molar-refractivity contribution in [3.05, 3.63) is 56.7 Å². The first-order valence-electron chi connectivity index (χ1n) is 9.75. The molecule has 0 aliphatic heterocycles. The number of aromatic amines is 2. The van der Waals surface area contributed by atoms with Crippen LogP contribution >= 0.6 is 0 Å². The highest BCUT2D eigenvalue weighted by Gasteiger charge is 2.18. The average Bonchev–Trinajstić information content (AvgIpc) is 3.15. The number of aromatic nitrogens is 4. The summed E-state index contributed by atoms with van der Waals surface area (Å²) in [7, 11) is 0. The monoisotopic (exact) mass is 394 g/mol. The fraction of sp³-hybridized carbons (Fsp3) is 0.333. The molecule has 0 saturated heterocycles. The maximum Gasteiger partial charge on any atom is 0.330 e. The van der Waals surface area contributed by atoms with Gasteiger partial charge in [-0.2, -0.15) is 0 Å². The van der Waals surface area contributed by atoms with E-state index in [1.807, 2.05) is 0 Å². The Morgan fingerprint density at radius 3 is 2.55 bits per heavy atom. The smallest absolute Gasteiger partial charge is 0.330 e. The van der Waals surface area contributed by atoms with Crippen LogP contribution in [0.3, 0.4) is 0 Å². The summed E-state index contributed by atoms with van der Waals surface area (Å²) in [5.74, 6) is -0.189. The minimum atomic E-state index is -1.01. The number of nitrogens with zero attached hydrogens (tertiary/aromatic N) is 2. The minimum absolute atomic E-state index is 0.241. The van der Waals surface area contributed by atoms with E-state index in [2.05, 4.69) is 15.0 Å². The second kappa shape index (κ2) is 7.90. The van der Waals surface area contributed by atoms with Gasteiger partial charge in [-0.15, -0.1) is 0 Å². The molecule has 1 fully saturated rings. The molecule has 2 aromatic heterocycles. The molecule has 2 heterocycles. The van der Waals surface area contributed by atoms with Gasteiger partial charge in [0.05, 0.1) is 0 Å². The van der Waals surface area contributed by atoms with E-state index in [1.165, 1.54) is 17.1 Å². The lowest BCUT2D eigenvalue weighted by atomic mass is 9.89. The molecule has 0 unspecified atom stereocenters. The third-order valence-corrected chi connectivity index (χ3v) is 5.40. The topological polar surface area (TPSA) is 121 Å². The van der Waals surface area contributed by atoms with Crippen LogP contribution in [0.4, 0.5) is 0 Å². The van der Waals surface area contributed by atoms with Gasteiger partial charge in [0.15, 0.2) is 5.65 Å². The summed E-state index contributed by atoms with van der Waals surface area (Å²) >= 11 is 0. The van der Waals surface area contributed by atoms with Gasteiger partial charge >= 0.3 is 11.7 Å². The number of rotatable bonds is 5. The van der Waals surface area contributed by atoms with Crippen LogP contribution in [0.1, 0.15) is 37.7 Å². The Hall–Kier alpha value is -3.42. The molecule has 3 N–H and O–H groups in total. The Labute approximate surface area is 165 Å². The van der Waals surface area contributed by atoms with Gasteiger partial charge in [0.1, 0.15) is 11.3 Å². The molecule has 150 valence electrons. The molecule has 3 aromatic rings. The summed E-state index contributed by atoms with van der Waals surface area (Å²) in [6, 6.07) is 7.06. The van der Waals surface area contributed by atoms with E-state index >= 15 is 0 Å². The van der Waals surface area contributed by atoms with Crippen LogP contribution in [-0.2, 0) is 11.3 Å². The van der Waals surface area contributed by atoms with Crippen molar-refractivity contribution in [1.82, 2.24) is 19.5 Å². The predicted octanol–water partition coefficient (Wildman–Crippen LogP) is 2.76. The molecule has 0 spiro atoms. The molecule has 0 atom stereocenters. The first-order valence-corrected chi connectivity index (χ1v) is 9.75. The van der Waals surface area contributed by atoms with E-state index in [0.29, 0.717) is 18.3 Å². The number of carbonyl (C=O) groups is 1. The summed E-state index contributed by atoms with van der Waals surface area (Å²) in [5.41, 5.74) is 1.20. The molecule has 29 heavy (non-hydrogen) atoms. The number of carboxylic acid groups (broad SMARTS) is 1. The van der Waals surface area contributed by atoms with Crippen molar-refractivity contribution in [2.75, 3.05) is 0 Å². The average molecular weight is 394 g/mol. The van der Waals surface area contributed by atoms with Crippen LogP contribution in [0.5, 0.6) is 0 Å². The maximum atomic E-state index is 12.9. The number of aliphatic carboxylic acids is 1. The van der Waals surface area contributed by atoms with Gasteiger partial charge in [-0.25, -0.2) is 14.6 Å². The number of imidazole rings is 1. The van der Waals surface area contributed by atoms with Gasteiger partial charge in [-0.05, 0) is 30.4 Å². The zero-order chi connectivity index (χ0) is 20.4. The molecule has 1 aliphatic rings. The molecular weight excluding hydrogens is 372 g/mol. The number of hydrogen-bond acceptors (Lipinski definition) is 4. The lowest BCUT2D eigenvalue weighted by Crippen LogP contribution is -2.37. The highest BCUT2D eigenvalue weighted by Crippen LogP contribution is 2.24. The Bertz CT molecular complexity index is 1180. The van der Waals surface area contributed by atoms with Gasteiger partial charge in [-0.1, -0.05) is 43.5 Å². The second-order valence-electron chi connectivity index (χ2n) is 7.45. The zero-order valence-corrected chi connectivity index (χ0v) is 15.9. The molecule has 0 bridgehead atoms. The molecular formula is C21H22N4O4. The number of fused-ring (bicyclic) bond motifs is 1. The summed E-state index contributed by atoms with van der Waals surface area (Å²) < 4.78 is 1.28. The molecule has 8 nitrogen and oxygen atoms in total. The summed E-state index contributed by atoms with van der Waals surface area (Å²) in [6.45, 7) is 0.434. The van der Waals surface area contributed by atoms with Gasteiger partial charge < -0.3 is 10.1 Å². The summed E-state index contributed by atoms with van der Waals surface area (Å²) in [5, 5.41) is 8.70. The first kappa shape index (κ1) is 18.9. The van der Waals surface area contributed by atoms with Crippen LogP contribution in [0.15, 0.2) is 39.9 Å². The lowest BCUT2D eigenvalue weighted by molar-refractivity contribution is -0.131. The molecule has 1 saturated carbocycles. The van der Waals surface area contributed by atoms with Crippen LogP contribution in [0, 0.1) is 5.92 Å². The molecule has 1 aromatic carbocycles. The van der Waals surface area contributed by atoms with Gasteiger partial charge in [0.25, 0.3) is 5.56 Å². The van der Waals surface area contributed by atoms with Crippen molar-refractivity contribution in [1.29, 1.82) is 0 Å². The molecule has 8 heteroatoms. The fourth-order valence-corrected chi connectivity index (χ4v) is 3.86. The summed E-state index contributed by atoms with van der Waals surface area (Å²) in [4.78, 5) is 46.0. The Morgan fingerprint density at radius 1 is 1.14 bits per heavy atom. The van der Waals surface area contributed by atoms with E-state index in [1.54, 1.807) is 24.3 Å². The lowest BCUT2D eigenvalue weighted by Gasteiger charge is -2.21. The molecule has 0 radical (unpaired) electrons. The van der Waals surface area contributed by atoms with Crippen molar-refractivity contribution in [3.63, 3.8) is 0 Å². The van der Waals surface area contributed by atoms with Crippen molar-refractivity contribution < 1.29 is 9.90 Å². The molecule has 1 aliphatic carbocycles. The highest BCUT2D eigenvalue weighted by molar-refractivity contribution is 5.85. The number of H-pyrrole nitrogens is 2. The highest BCUT2D eigenvalue weighted by atomic mass is 16.4. The van der Waals surface area contributed by atoms with E-state index in [0.717, 1.165) is 42.9 Å². The number of nitrogens with one attached hydrogen (secondary N) is 2. The van der Waals surface area contributed by atoms with Crippen LogP contribution in [0.2, 0.25) is 0 Å². The van der Waals surface area contributed by atoms with Crippen LogP contribution in [0.25, 0.3) is 28.6 Å².